The van der Waals surface area contributed by atoms with Gasteiger partial charge in [0.25, 0.3) is 0 Å². The zero-order chi connectivity index (χ0) is 12.8. The summed E-state index contributed by atoms with van der Waals surface area (Å²) in [5, 5.41) is 12.3. The van der Waals surface area contributed by atoms with Crippen LogP contribution in [0.1, 0.15) is 36.8 Å². The lowest BCUT2D eigenvalue weighted by molar-refractivity contribution is 0.394. The first kappa shape index (κ1) is 12.4. The molecule has 0 saturated carbocycles. The molecule has 3 nitrogen and oxygen atoms in total. The molecule has 0 spiro atoms. The second kappa shape index (κ2) is 6.04. The van der Waals surface area contributed by atoms with Crippen LogP contribution in [0.25, 0.3) is 0 Å². The van der Waals surface area contributed by atoms with E-state index in [1.165, 1.54) is 0 Å². The number of hydrogen-bond acceptors (Lipinski definition) is 3. The summed E-state index contributed by atoms with van der Waals surface area (Å²) < 4.78 is 5.36. The van der Waals surface area contributed by atoms with E-state index in [1.54, 1.807) is 6.26 Å². The van der Waals surface area contributed by atoms with Gasteiger partial charge in [-0.2, -0.15) is 5.26 Å². The average Bonchev–Trinajstić information content (AvgIpc) is 2.93. The Morgan fingerprint density at radius 2 is 2.00 bits per heavy atom. The molecule has 1 aromatic carbocycles. The van der Waals surface area contributed by atoms with Crippen molar-refractivity contribution >= 4 is 0 Å². The molecule has 0 radical (unpaired) electrons. The molecule has 0 amide bonds. The van der Waals surface area contributed by atoms with E-state index in [0.29, 0.717) is 6.42 Å². The normalized spacial score (nSPS) is 13.8. The summed E-state index contributed by atoms with van der Waals surface area (Å²) in [6.45, 7) is 2.03. The number of nitrogens with zero attached hydrogens (tertiary/aromatic N) is 1. The third kappa shape index (κ3) is 2.99. The standard InChI is InChI=1S/C15H16N2O/c1-12(15-8-5-11-18-15)17-14(9-10-16)13-6-3-2-4-7-13/h2-8,11-12,14,17H,9H2,1H3/t12-,14?/m1/s1. The molecule has 0 saturated heterocycles. The van der Waals surface area contributed by atoms with Gasteiger partial charge in [-0.3, -0.25) is 5.32 Å². The number of rotatable bonds is 5. The van der Waals surface area contributed by atoms with Crippen molar-refractivity contribution in [2.75, 3.05) is 0 Å². The zero-order valence-corrected chi connectivity index (χ0v) is 10.3. The van der Waals surface area contributed by atoms with Gasteiger partial charge in [0, 0.05) is 6.04 Å². The summed E-state index contributed by atoms with van der Waals surface area (Å²) in [5.41, 5.74) is 1.12. The molecule has 2 rings (SSSR count). The smallest absolute Gasteiger partial charge is 0.120 e. The monoisotopic (exact) mass is 240 g/mol. The molecule has 1 heterocycles. The predicted molar refractivity (Wildman–Crippen MR) is 69.7 cm³/mol. The van der Waals surface area contributed by atoms with E-state index < -0.39 is 0 Å². The van der Waals surface area contributed by atoms with Crippen LogP contribution in [0.2, 0.25) is 0 Å². The molecule has 18 heavy (non-hydrogen) atoms. The Hall–Kier alpha value is -2.05. The van der Waals surface area contributed by atoms with E-state index in [-0.39, 0.29) is 12.1 Å². The Kier molecular flexibility index (Phi) is 4.16. The second-order valence-corrected chi connectivity index (χ2v) is 4.23. The second-order valence-electron chi connectivity index (χ2n) is 4.23. The van der Waals surface area contributed by atoms with Gasteiger partial charge in [-0.1, -0.05) is 30.3 Å². The van der Waals surface area contributed by atoms with E-state index >= 15 is 0 Å². The molecule has 1 N–H and O–H groups in total. The molecular weight excluding hydrogens is 224 g/mol. The average molecular weight is 240 g/mol. The third-order valence-electron chi connectivity index (χ3n) is 2.92. The number of benzene rings is 1. The molecule has 3 heteroatoms. The lowest BCUT2D eigenvalue weighted by Gasteiger charge is -2.20. The minimum atomic E-state index is 0.0244. The minimum Gasteiger partial charge on any atom is -0.468 e. The molecule has 0 aliphatic heterocycles. The first-order valence-electron chi connectivity index (χ1n) is 6.02. The highest BCUT2D eigenvalue weighted by Crippen LogP contribution is 2.22. The van der Waals surface area contributed by atoms with Gasteiger partial charge in [0.05, 0.1) is 24.8 Å². The molecule has 0 aliphatic carbocycles. The van der Waals surface area contributed by atoms with Crippen molar-refractivity contribution in [1.29, 1.82) is 5.26 Å². The zero-order valence-electron chi connectivity index (χ0n) is 10.3. The molecule has 1 aromatic heterocycles. The van der Waals surface area contributed by atoms with E-state index in [9.17, 15) is 0 Å². The van der Waals surface area contributed by atoms with Gasteiger partial charge in [-0.15, -0.1) is 0 Å². The third-order valence-corrected chi connectivity index (χ3v) is 2.92. The minimum absolute atomic E-state index is 0.0244. The van der Waals surface area contributed by atoms with Gasteiger partial charge in [0.1, 0.15) is 5.76 Å². The number of hydrogen-bond donors (Lipinski definition) is 1. The van der Waals surface area contributed by atoms with E-state index in [1.807, 2.05) is 49.4 Å². The highest BCUT2D eigenvalue weighted by Gasteiger charge is 2.16. The Labute approximate surface area is 107 Å². The van der Waals surface area contributed by atoms with Crippen molar-refractivity contribution in [2.45, 2.75) is 25.4 Å². The number of nitrogens with one attached hydrogen (secondary N) is 1. The summed E-state index contributed by atoms with van der Waals surface area (Å²) >= 11 is 0. The quantitative estimate of drug-likeness (QED) is 0.868. The maximum Gasteiger partial charge on any atom is 0.120 e. The topological polar surface area (TPSA) is 49.0 Å². The fourth-order valence-electron chi connectivity index (χ4n) is 1.97. The highest BCUT2D eigenvalue weighted by molar-refractivity contribution is 5.20. The summed E-state index contributed by atoms with van der Waals surface area (Å²) in [6.07, 6.45) is 2.10. The molecule has 1 unspecified atom stereocenters. The fraction of sp³-hybridized carbons (Fsp3) is 0.267. The van der Waals surface area contributed by atoms with Crippen LogP contribution >= 0.6 is 0 Å². The van der Waals surface area contributed by atoms with Crippen LogP contribution in [0.3, 0.4) is 0 Å². The Morgan fingerprint density at radius 1 is 1.22 bits per heavy atom. The Morgan fingerprint density at radius 3 is 2.61 bits per heavy atom. The summed E-state index contributed by atoms with van der Waals surface area (Å²) in [5.74, 6) is 0.883. The summed E-state index contributed by atoms with van der Waals surface area (Å²) in [7, 11) is 0. The van der Waals surface area contributed by atoms with Crippen LogP contribution in [0.15, 0.2) is 53.1 Å². The SMILES string of the molecule is C[C@@H](NC(CC#N)c1ccccc1)c1ccco1. The molecule has 0 aliphatic rings. The van der Waals surface area contributed by atoms with Crippen molar-refractivity contribution in [3.05, 3.63) is 60.1 Å². The van der Waals surface area contributed by atoms with Crippen LogP contribution in [0.5, 0.6) is 0 Å². The molecular formula is C15H16N2O. The van der Waals surface area contributed by atoms with E-state index in [2.05, 4.69) is 11.4 Å². The van der Waals surface area contributed by atoms with Crippen LogP contribution in [-0.2, 0) is 0 Å². The lowest BCUT2D eigenvalue weighted by atomic mass is 10.0. The first-order chi connectivity index (χ1) is 8.81. The Balaban J connectivity index is 2.10. The molecule has 2 atom stereocenters. The summed E-state index contributed by atoms with van der Waals surface area (Å²) in [6, 6.07) is 16.1. The van der Waals surface area contributed by atoms with Crippen molar-refractivity contribution in [3.8, 4) is 6.07 Å². The largest absolute Gasteiger partial charge is 0.468 e. The molecule has 92 valence electrons. The predicted octanol–water partition coefficient (Wildman–Crippen LogP) is 3.59. The van der Waals surface area contributed by atoms with Gasteiger partial charge >= 0.3 is 0 Å². The molecule has 0 fully saturated rings. The van der Waals surface area contributed by atoms with Crippen LogP contribution in [-0.4, -0.2) is 0 Å². The van der Waals surface area contributed by atoms with E-state index in [4.69, 9.17) is 9.68 Å². The van der Waals surface area contributed by atoms with Gasteiger partial charge in [0.15, 0.2) is 0 Å². The number of nitriles is 1. The van der Waals surface area contributed by atoms with Crippen molar-refractivity contribution in [2.24, 2.45) is 0 Å². The molecule has 0 bridgehead atoms. The number of furan rings is 1. The Bertz CT molecular complexity index is 499. The van der Waals surface area contributed by atoms with Gasteiger partial charge < -0.3 is 4.42 Å². The van der Waals surface area contributed by atoms with Crippen molar-refractivity contribution in [1.82, 2.24) is 5.32 Å². The van der Waals surface area contributed by atoms with Gasteiger partial charge in [-0.05, 0) is 24.6 Å². The van der Waals surface area contributed by atoms with E-state index in [0.717, 1.165) is 11.3 Å². The van der Waals surface area contributed by atoms with Gasteiger partial charge in [0.2, 0.25) is 0 Å². The maximum absolute atomic E-state index is 8.93. The molecule has 2 aromatic rings. The van der Waals surface area contributed by atoms with Crippen molar-refractivity contribution < 1.29 is 4.42 Å². The van der Waals surface area contributed by atoms with Crippen LogP contribution in [0, 0.1) is 11.3 Å². The lowest BCUT2D eigenvalue weighted by Crippen LogP contribution is -2.24. The van der Waals surface area contributed by atoms with Crippen LogP contribution in [0.4, 0.5) is 0 Å². The highest BCUT2D eigenvalue weighted by atomic mass is 16.3. The van der Waals surface area contributed by atoms with Crippen molar-refractivity contribution in [3.63, 3.8) is 0 Å². The first-order valence-corrected chi connectivity index (χ1v) is 6.02. The summed E-state index contributed by atoms with van der Waals surface area (Å²) in [4.78, 5) is 0. The maximum atomic E-state index is 8.93. The van der Waals surface area contributed by atoms with Crippen LogP contribution < -0.4 is 5.32 Å². The fourth-order valence-corrected chi connectivity index (χ4v) is 1.97. The van der Waals surface area contributed by atoms with Gasteiger partial charge in [-0.25, -0.2) is 0 Å².